The molecule has 0 aliphatic carbocycles. The Hall–Kier alpha value is -2.28. The van der Waals surface area contributed by atoms with Crippen molar-refractivity contribution < 1.29 is 24.2 Å². The van der Waals surface area contributed by atoms with Crippen LogP contribution in [0.15, 0.2) is 18.2 Å². The third kappa shape index (κ3) is 4.27. The first-order chi connectivity index (χ1) is 12.3. The van der Waals surface area contributed by atoms with Gasteiger partial charge in [-0.15, -0.1) is 0 Å². The monoisotopic (exact) mass is 382 g/mol. The second kappa shape index (κ2) is 8.40. The van der Waals surface area contributed by atoms with E-state index in [-0.39, 0.29) is 18.4 Å². The van der Waals surface area contributed by atoms with Crippen molar-refractivity contribution in [2.75, 3.05) is 27.2 Å². The van der Waals surface area contributed by atoms with Crippen molar-refractivity contribution in [3.8, 4) is 5.75 Å². The molecule has 0 saturated carbocycles. The Bertz CT molecular complexity index is 709. The van der Waals surface area contributed by atoms with Crippen LogP contribution in [0.25, 0.3) is 0 Å². The molecule has 142 valence electrons. The Morgan fingerprint density at radius 1 is 1.42 bits per heavy atom. The van der Waals surface area contributed by atoms with E-state index in [4.69, 9.17) is 21.4 Å². The molecule has 1 N–H and O–H groups in total. The van der Waals surface area contributed by atoms with Crippen molar-refractivity contribution in [3.05, 3.63) is 28.8 Å². The zero-order valence-electron chi connectivity index (χ0n) is 15.1. The van der Waals surface area contributed by atoms with Gasteiger partial charge in [0.1, 0.15) is 11.8 Å². The van der Waals surface area contributed by atoms with E-state index in [0.29, 0.717) is 35.7 Å². The van der Waals surface area contributed by atoms with Crippen molar-refractivity contribution in [1.29, 1.82) is 0 Å². The van der Waals surface area contributed by atoms with Gasteiger partial charge in [0.2, 0.25) is 5.91 Å². The Kier molecular flexibility index (Phi) is 6.47. The minimum atomic E-state index is -0.965. The highest BCUT2D eigenvalue weighted by Crippen LogP contribution is 2.28. The van der Waals surface area contributed by atoms with Crippen LogP contribution in [-0.2, 0) is 9.59 Å². The third-order valence-corrected chi connectivity index (χ3v) is 4.77. The van der Waals surface area contributed by atoms with Crippen molar-refractivity contribution in [3.63, 3.8) is 0 Å². The average Bonchev–Trinajstić information content (AvgIpc) is 3.09. The molecule has 1 aliphatic heterocycles. The number of carboxylic acids is 1. The first-order valence-electron chi connectivity index (χ1n) is 8.38. The van der Waals surface area contributed by atoms with E-state index in [9.17, 15) is 14.4 Å². The topological polar surface area (TPSA) is 87.2 Å². The van der Waals surface area contributed by atoms with Crippen LogP contribution < -0.4 is 4.74 Å². The van der Waals surface area contributed by atoms with Crippen LogP contribution in [-0.4, -0.2) is 66.0 Å². The molecular weight excluding hydrogens is 360 g/mol. The summed E-state index contributed by atoms with van der Waals surface area (Å²) in [4.78, 5) is 39.6. The number of rotatable bonds is 6. The van der Waals surface area contributed by atoms with Crippen molar-refractivity contribution in [2.45, 2.75) is 25.8 Å². The minimum absolute atomic E-state index is 0.0905. The van der Waals surface area contributed by atoms with Gasteiger partial charge >= 0.3 is 5.97 Å². The highest BCUT2D eigenvalue weighted by Gasteiger charge is 2.37. The summed E-state index contributed by atoms with van der Waals surface area (Å²) in [5, 5.41) is 9.43. The van der Waals surface area contributed by atoms with E-state index < -0.39 is 17.9 Å². The van der Waals surface area contributed by atoms with Crippen LogP contribution in [0, 0.1) is 5.92 Å². The molecule has 1 aromatic rings. The number of aliphatic carboxylic acids is 1. The zero-order chi connectivity index (χ0) is 19.4. The van der Waals surface area contributed by atoms with Crippen LogP contribution in [0.5, 0.6) is 5.75 Å². The van der Waals surface area contributed by atoms with Crippen LogP contribution in [0.1, 0.15) is 30.1 Å². The summed E-state index contributed by atoms with van der Waals surface area (Å²) in [5.41, 5.74) is 0.307. The van der Waals surface area contributed by atoms with Crippen LogP contribution >= 0.6 is 11.6 Å². The average molecular weight is 383 g/mol. The highest BCUT2D eigenvalue weighted by molar-refractivity contribution is 6.31. The largest absolute Gasteiger partial charge is 0.496 e. The number of carbonyl (C=O) groups is 3. The van der Waals surface area contributed by atoms with Gasteiger partial charge in [-0.2, -0.15) is 0 Å². The first kappa shape index (κ1) is 20.0. The number of hydrogen-bond acceptors (Lipinski definition) is 4. The first-order valence-corrected chi connectivity index (χ1v) is 8.76. The molecule has 2 atom stereocenters. The number of nitrogens with zero attached hydrogens (tertiary/aromatic N) is 2. The molecule has 26 heavy (non-hydrogen) atoms. The molecule has 1 aromatic carbocycles. The maximum Gasteiger partial charge on any atom is 0.308 e. The molecule has 7 nitrogen and oxygen atoms in total. The van der Waals surface area contributed by atoms with Gasteiger partial charge in [0.15, 0.2) is 0 Å². The van der Waals surface area contributed by atoms with Gasteiger partial charge in [0.05, 0.1) is 18.6 Å². The van der Waals surface area contributed by atoms with E-state index in [0.717, 1.165) is 0 Å². The second-order valence-corrected chi connectivity index (χ2v) is 6.90. The lowest BCUT2D eigenvalue weighted by Gasteiger charge is -2.29. The number of carboxylic acid groups (broad SMARTS) is 1. The molecule has 0 aromatic heterocycles. The lowest BCUT2D eigenvalue weighted by Crippen LogP contribution is -2.48. The van der Waals surface area contributed by atoms with Gasteiger partial charge in [-0.1, -0.05) is 18.5 Å². The van der Waals surface area contributed by atoms with E-state index in [1.807, 2.05) is 0 Å². The van der Waals surface area contributed by atoms with E-state index in [1.54, 1.807) is 26.1 Å². The molecule has 1 aliphatic rings. The van der Waals surface area contributed by atoms with Gasteiger partial charge in [-0.3, -0.25) is 14.4 Å². The van der Waals surface area contributed by atoms with Crippen LogP contribution in [0.3, 0.4) is 0 Å². The SMILES string of the molecule is COc1ccc(Cl)cc1C(=O)N1CCCC1C(=O)N(C)CC(C)C(=O)O. The van der Waals surface area contributed by atoms with Crippen molar-refractivity contribution in [1.82, 2.24) is 9.80 Å². The van der Waals surface area contributed by atoms with Gasteiger partial charge in [0, 0.05) is 25.2 Å². The van der Waals surface area contributed by atoms with Gasteiger partial charge < -0.3 is 19.6 Å². The lowest BCUT2D eigenvalue weighted by atomic mass is 10.1. The molecule has 1 fully saturated rings. The number of ether oxygens (including phenoxy) is 1. The molecule has 1 heterocycles. The number of methoxy groups -OCH3 is 1. The summed E-state index contributed by atoms with van der Waals surface area (Å²) in [7, 11) is 3.02. The fourth-order valence-electron chi connectivity index (χ4n) is 3.10. The Labute approximate surface area is 157 Å². The van der Waals surface area contributed by atoms with Crippen molar-refractivity contribution >= 4 is 29.4 Å². The molecule has 0 radical (unpaired) electrons. The lowest BCUT2D eigenvalue weighted by molar-refractivity contribution is -0.143. The Morgan fingerprint density at radius 2 is 2.12 bits per heavy atom. The quantitative estimate of drug-likeness (QED) is 0.814. The van der Waals surface area contributed by atoms with Crippen LogP contribution in [0.2, 0.25) is 5.02 Å². The standard InChI is InChI=1S/C18H23ClN2O5/c1-11(18(24)25)10-20(2)17(23)14-5-4-8-21(14)16(22)13-9-12(19)6-7-15(13)26-3/h6-7,9,11,14H,4-5,8,10H2,1-3H3,(H,24,25). The zero-order valence-corrected chi connectivity index (χ0v) is 15.8. The maximum absolute atomic E-state index is 13.0. The Morgan fingerprint density at radius 3 is 2.73 bits per heavy atom. The smallest absolute Gasteiger partial charge is 0.308 e. The molecule has 8 heteroatoms. The van der Waals surface area contributed by atoms with Crippen LogP contribution in [0.4, 0.5) is 0 Å². The maximum atomic E-state index is 13.0. The molecule has 2 amide bonds. The predicted molar refractivity (Wildman–Crippen MR) is 96.5 cm³/mol. The molecule has 0 bridgehead atoms. The van der Waals surface area contributed by atoms with Gasteiger partial charge in [-0.05, 0) is 31.0 Å². The Balaban J connectivity index is 2.19. The number of halogens is 1. The number of hydrogen-bond donors (Lipinski definition) is 1. The molecule has 1 saturated heterocycles. The summed E-state index contributed by atoms with van der Waals surface area (Å²) in [6.45, 7) is 2.08. The van der Waals surface area contributed by atoms with E-state index >= 15 is 0 Å². The second-order valence-electron chi connectivity index (χ2n) is 6.46. The fourth-order valence-corrected chi connectivity index (χ4v) is 3.27. The number of benzene rings is 1. The number of likely N-dealkylation sites (N-methyl/N-ethyl adjacent to an activating group) is 1. The predicted octanol–water partition coefficient (Wildman–Crippen LogP) is 2.13. The summed E-state index contributed by atoms with van der Waals surface area (Å²) >= 11 is 6.00. The van der Waals surface area contributed by atoms with Crippen molar-refractivity contribution in [2.24, 2.45) is 5.92 Å². The molecule has 2 unspecified atom stereocenters. The molecule has 0 spiro atoms. The summed E-state index contributed by atoms with van der Waals surface area (Å²) < 4.78 is 5.24. The summed E-state index contributed by atoms with van der Waals surface area (Å²) in [5.74, 6) is -1.83. The fraction of sp³-hybridized carbons (Fsp3) is 0.500. The minimum Gasteiger partial charge on any atom is -0.496 e. The summed E-state index contributed by atoms with van der Waals surface area (Å²) in [6.07, 6.45) is 1.24. The van der Waals surface area contributed by atoms with Gasteiger partial charge in [-0.25, -0.2) is 0 Å². The summed E-state index contributed by atoms with van der Waals surface area (Å²) in [6, 6.07) is 4.16. The third-order valence-electron chi connectivity index (χ3n) is 4.54. The number of carbonyl (C=O) groups excluding carboxylic acids is 2. The molecule has 2 rings (SSSR count). The van der Waals surface area contributed by atoms with E-state index in [1.165, 1.54) is 23.0 Å². The number of amides is 2. The van der Waals surface area contributed by atoms with E-state index in [2.05, 4.69) is 0 Å². The number of likely N-dealkylation sites (tertiary alicyclic amines) is 1. The molecular formula is C18H23ClN2O5. The highest BCUT2D eigenvalue weighted by atomic mass is 35.5. The van der Waals surface area contributed by atoms with Gasteiger partial charge in [0.25, 0.3) is 5.91 Å². The normalized spacial score (nSPS) is 17.7.